The standard InChI is InChI=1S/C17H21Cl2N5O2/c18-15-2-1-12(7-16(15)19)10-24-5-6-26-14(11-24)9-21-17(25)20-8-13-3-4-22-23-13/h1-4,7,14H,5-6,8-11H2,(H,22,23)(H2,20,21,25)/t14-/m0/s1. The molecule has 0 unspecified atom stereocenters. The molecule has 1 aliphatic heterocycles. The molecule has 0 spiro atoms. The van der Waals surface area contributed by atoms with Gasteiger partial charge < -0.3 is 15.4 Å². The van der Waals surface area contributed by atoms with Gasteiger partial charge in [-0.05, 0) is 23.8 Å². The maximum Gasteiger partial charge on any atom is 0.315 e. The number of H-pyrrole nitrogens is 1. The quantitative estimate of drug-likeness (QED) is 0.698. The predicted octanol–water partition coefficient (Wildman–Crippen LogP) is 2.42. The number of rotatable bonds is 6. The van der Waals surface area contributed by atoms with E-state index in [1.165, 1.54) is 0 Å². The van der Waals surface area contributed by atoms with E-state index in [0.29, 0.717) is 29.7 Å². The maximum atomic E-state index is 11.9. The van der Waals surface area contributed by atoms with Gasteiger partial charge in [0.15, 0.2) is 0 Å². The second kappa shape index (κ2) is 9.23. The van der Waals surface area contributed by atoms with Gasteiger partial charge in [-0.15, -0.1) is 0 Å². The summed E-state index contributed by atoms with van der Waals surface area (Å²) in [4.78, 5) is 14.1. The Hall–Kier alpha value is -1.80. The number of nitrogens with zero attached hydrogens (tertiary/aromatic N) is 2. The van der Waals surface area contributed by atoms with E-state index in [-0.39, 0.29) is 12.1 Å². The van der Waals surface area contributed by atoms with Gasteiger partial charge in [0, 0.05) is 32.4 Å². The first-order chi connectivity index (χ1) is 12.6. The Morgan fingerprint density at radius 1 is 1.31 bits per heavy atom. The second-order valence-corrected chi connectivity index (χ2v) is 6.94. The molecular weight excluding hydrogens is 377 g/mol. The van der Waals surface area contributed by atoms with E-state index in [4.69, 9.17) is 27.9 Å². The minimum Gasteiger partial charge on any atom is -0.374 e. The Morgan fingerprint density at radius 3 is 2.96 bits per heavy atom. The summed E-state index contributed by atoms with van der Waals surface area (Å²) in [5.74, 6) is 0. The molecule has 3 rings (SSSR count). The van der Waals surface area contributed by atoms with Crippen molar-refractivity contribution in [2.45, 2.75) is 19.2 Å². The van der Waals surface area contributed by atoms with Crippen LogP contribution in [-0.2, 0) is 17.8 Å². The van der Waals surface area contributed by atoms with Gasteiger partial charge in [-0.25, -0.2) is 4.79 Å². The molecule has 1 saturated heterocycles. The lowest BCUT2D eigenvalue weighted by Gasteiger charge is -2.33. The van der Waals surface area contributed by atoms with E-state index < -0.39 is 0 Å². The summed E-state index contributed by atoms with van der Waals surface area (Å²) in [5, 5.41) is 13.4. The van der Waals surface area contributed by atoms with Gasteiger partial charge in [-0.3, -0.25) is 10.00 Å². The molecule has 1 aromatic heterocycles. The predicted molar refractivity (Wildman–Crippen MR) is 100 cm³/mol. The first-order valence-corrected chi connectivity index (χ1v) is 9.13. The number of amides is 2. The highest BCUT2D eigenvalue weighted by atomic mass is 35.5. The molecule has 2 amide bonds. The van der Waals surface area contributed by atoms with Crippen LogP contribution in [0.5, 0.6) is 0 Å². The monoisotopic (exact) mass is 397 g/mol. The molecule has 7 nitrogen and oxygen atoms in total. The van der Waals surface area contributed by atoms with Crippen LogP contribution in [0.25, 0.3) is 0 Å². The van der Waals surface area contributed by atoms with Crippen molar-refractivity contribution in [2.75, 3.05) is 26.2 Å². The zero-order valence-corrected chi connectivity index (χ0v) is 15.7. The van der Waals surface area contributed by atoms with Gasteiger partial charge in [0.1, 0.15) is 0 Å². The normalized spacial score (nSPS) is 17.8. The number of carbonyl (C=O) groups is 1. The average molecular weight is 398 g/mol. The van der Waals surface area contributed by atoms with Gasteiger partial charge in [0.05, 0.1) is 35.0 Å². The number of aromatic nitrogens is 2. The Morgan fingerprint density at radius 2 is 2.19 bits per heavy atom. The first kappa shape index (κ1) is 19.0. The number of carbonyl (C=O) groups excluding carboxylic acids is 1. The van der Waals surface area contributed by atoms with Gasteiger partial charge in [-0.2, -0.15) is 5.10 Å². The summed E-state index contributed by atoms with van der Waals surface area (Å²) in [5.41, 5.74) is 1.95. The third-order valence-electron chi connectivity index (χ3n) is 4.10. The molecule has 0 aliphatic carbocycles. The number of hydrogen-bond donors (Lipinski definition) is 3. The van der Waals surface area contributed by atoms with Gasteiger partial charge in [-0.1, -0.05) is 29.3 Å². The number of morpholine rings is 1. The van der Waals surface area contributed by atoms with Crippen molar-refractivity contribution < 1.29 is 9.53 Å². The topological polar surface area (TPSA) is 82.3 Å². The largest absolute Gasteiger partial charge is 0.374 e. The van der Waals surface area contributed by atoms with Crippen LogP contribution in [0.2, 0.25) is 10.0 Å². The highest BCUT2D eigenvalue weighted by Gasteiger charge is 2.21. The lowest BCUT2D eigenvalue weighted by molar-refractivity contribution is -0.0287. The highest BCUT2D eigenvalue weighted by Crippen LogP contribution is 2.23. The number of halogens is 2. The van der Waals surface area contributed by atoms with E-state index in [0.717, 1.165) is 30.9 Å². The lowest BCUT2D eigenvalue weighted by Crippen LogP contribution is -2.48. The maximum absolute atomic E-state index is 11.9. The first-order valence-electron chi connectivity index (χ1n) is 8.38. The van der Waals surface area contributed by atoms with Crippen molar-refractivity contribution >= 4 is 29.2 Å². The number of hydrogen-bond acceptors (Lipinski definition) is 4. The SMILES string of the molecule is O=C(NCc1ccn[nH]1)NC[C@H]1CN(Cc2ccc(Cl)c(Cl)c2)CCO1. The summed E-state index contributed by atoms with van der Waals surface area (Å²) < 4.78 is 5.74. The molecule has 26 heavy (non-hydrogen) atoms. The Labute approximate surface area is 162 Å². The summed E-state index contributed by atoms with van der Waals surface area (Å²) in [6.45, 7) is 3.82. The lowest BCUT2D eigenvalue weighted by atomic mass is 10.2. The molecule has 1 atom stereocenters. The Kier molecular flexibility index (Phi) is 6.73. The molecule has 0 saturated carbocycles. The highest BCUT2D eigenvalue weighted by molar-refractivity contribution is 6.42. The van der Waals surface area contributed by atoms with Crippen LogP contribution >= 0.6 is 23.2 Å². The van der Waals surface area contributed by atoms with Crippen LogP contribution in [0.1, 0.15) is 11.3 Å². The number of benzene rings is 1. The Balaban J connectivity index is 1.41. The minimum absolute atomic E-state index is 0.0515. The molecule has 1 aromatic carbocycles. The molecule has 0 bridgehead atoms. The van der Waals surface area contributed by atoms with E-state index in [9.17, 15) is 4.79 Å². The van der Waals surface area contributed by atoms with E-state index in [2.05, 4.69) is 25.7 Å². The van der Waals surface area contributed by atoms with Crippen LogP contribution in [0.15, 0.2) is 30.5 Å². The summed E-state index contributed by atoms with van der Waals surface area (Å²) in [7, 11) is 0. The fourth-order valence-electron chi connectivity index (χ4n) is 2.77. The van der Waals surface area contributed by atoms with E-state index in [1.54, 1.807) is 6.20 Å². The minimum atomic E-state index is -0.232. The van der Waals surface area contributed by atoms with Crippen molar-refractivity contribution in [2.24, 2.45) is 0 Å². The second-order valence-electron chi connectivity index (χ2n) is 6.12. The molecule has 9 heteroatoms. The molecule has 3 N–H and O–H groups in total. The molecule has 1 fully saturated rings. The van der Waals surface area contributed by atoms with Crippen molar-refractivity contribution in [1.29, 1.82) is 0 Å². The molecule has 2 heterocycles. The molecule has 140 valence electrons. The summed E-state index contributed by atoms with van der Waals surface area (Å²) in [6.07, 6.45) is 1.59. The molecule has 1 aliphatic rings. The van der Waals surface area contributed by atoms with E-state index in [1.807, 2.05) is 24.3 Å². The molecule has 2 aromatic rings. The van der Waals surface area contributed by atoms with Crippen LogP contribution in [0.4, 0.5) is 4.79 Å². The van der Waals surface area contributed by atoms with Crippen molar-refractivity contribution in [3.8, 4) is 0 Å². The zero-order chi connectivity index (χ0) is 18.4. The number of ether oxygens (including phenoxy) is 1. The van der Waals surface area contributed by atoms with Gasteiger partial charge >= 0.3 is 6.03 Å². The van der Waals surface area contributed by atoms with Crippen molar-refractivity contribution in [1.82, 2.24) is 25.7 Å². The fraction of sp³-hybridized carbons (Fsp3) is 0.412. The fourth-order valence-corrected chi connectivity index (χ4v) is 3.09. The van der Waals surface area contributed by atoms with Crippen LogP contribution in [0, 0.1) is 0 Å². The van der Waals surface area contributed by atoms with Crippen LogP contribution < -0.4 is 10.6 Å². The Bertz CT molecular complexity index is 726. The third kappa shape index (κ3) is 5.60. The van der Waals surface area contributed by atoms with Gasteiger partial charge in [0.25, 0.3) is 0 Å². The van der Waals surface area contributed by atoms with Crippen molar-refractivity contribution in [3.05, 3.63) is 51.8 Å². The summed E-state index contributed by atoms with van der Waals surface area (Å²) in [6, 6.07) is 7.24. The van der Waals surface area contributed by atoms with E-state index >= 15 is 0 Å². The number of aromatic amines is 1. The number of urea groups is 1. The molecule has 0 radical (unpaired) electrons. The third-order valence-corrected chi connectivity index (χ3v) is 4.84. The van der Waals surface area contributed by atoms with Crippen LogP contribution in [-0.4, -0.2) is 53.5 Å². The average Bonchev–Trinajstić information content (AvgIpc) is 3.15. The summed E-state index contributed by atoms with van der Waals surface area (Å²) >= 11 is 12.0. The molecular formula is C17H21Cl2N5O2. The van der Waals surface area contributed by atoms with Crippen molar-refractivity contribution in [3.63, 3.8) is 0 Å². The zero-order valence-electron chi connectivity index (χ0n) is 14.2. The number of nitrogens with one attached hydrogen (secondary N) is 3. The van der Waals surface area contributed by atoms with Gasteiger partial charge in [0.2, 0.25) is 0 Å². The van der Waals surface area contributed by atoms with Crippen LogP contribution in [0.3, 0.4) is 0 Å². The smallest absolute Gasteiger partial charge is 0.315 e.